The number of pyridine rings is 2. The van der Waals surface area contributed by atoms with E-state index >= 15 is 0 Å². The van der Waals surface area contributed by atoms with Gasteiger partial charge in [0.05, 0.1) is 25.8 Å². The van der Waals surface area contributed by atoms with Crippen LogP contribution >= 0.6 is 11.6 Å². The fourth-order valence-corrected chi connectivity index (χ4v) is 5.97. The van der Waals surface area contributed by atoms with E-state index in [1.807, 2.05) is 0 Å². The van der Waals surface area contributed by atoms with Crippen molar-refractivity contribution < 1.29 is 50.6 Å². The standard InChI is InChI=1S/C26H18ClN4O5S.CH3.Y/c1-4-36-25-17(8-12-22(27)30-25)23-18-14-15(28-2)7-9-19(18)31(26(23)32)37(33,34)21-11-10-20(35-3)16-6-5-13-29-24(16)21;;/h5-14H,4H2,1,3H3;1H3;/q2*-1;. The van der Waals surface area contributed by atoms with Gasteiger partial charge in [-0.25, -0.2) is 22.2 Å². The average Bonchev–Trinajstić information content (AvgIpc) is 3.19. The van der Waals surface area contributed by atoms with Crippen LogP contribution in [0, 0.1) is 14.0 Å². The van der Waals surface area contributed by atoms with Crippen molar-refractivity contribution in [3.8, 4) is 22.8 Å². The molecule has 0 aliphatic heterocycles. The van der Waals surface area contributed by atoms with E-state index in [4.69, 9.17) is 27.6 Å². The van der Waals surface area contributed by atoms with E-state index in [9.17, 15) is 13.2 Å². The van der Waals surface area contributed by atoms with Gasteiger partial charge in [0.25, 0.3) is 10.0 Å². The molecule has 0 saturated heterocycles. The Hall–Kier alpha value is -3.23. The Labute approximate surface area is 255 Å². The van der Waals surface area contributed by atoms with Crippen molar-refractivity contribution in [1.82, 2.24) is 13.9 Å². The van der Waals surface area contributed by atoms with Gasteiger partial charge in [0, 0.05) is 49.8 Å². The van der Waals surface area contributed by atoms with Crippen molar-refractivity contribution in [2.24, 2.45) is 0 Å². The van der Waals surface area contributed by atoms with Gasteiger partial charge < -0.3 is 16.9 Å². The molecule has 3 aromatic heterocycles. The van der Waals surface area contributed by atoms with Crippen LogP contribution in [0.1, 0.15) is 6.92 Å². The zero-order valence-electron chi connectivity index (χ0n) is 21.2. The first kappa shape index (κ1) is 30.3. The molecular weight excluding hydrogens is 617 g/mol. The van der Waals surface area contributed by atoms with Crippen LogP contribution in [0.15, 0.2) is 70.5 Å². The molecule has 0 fully saturated rings. The first-order valence-electron chi connectivity index (χ1n) is 11.0. The van der Waals surface area contributed by atoms with E-state index < -0.39 is 15.6 Å². The Balaban J connectivity index is 0.00000210. The number of fused-ring (bicyclic) bond motifs is 2. The Morgan fingerprint density at radius 3 is 2.62 bits per heavy atom. The van der Waals surface area contributed by atoms with Crippen LogP contribution in [0.3, 0.4) is 0 Å². The molecule has 0 spiro atoms. The topological polar surface area (TPSA) is 105 Å². The number of hydrogen-bond acceptors (Lipinski definition) is 7. The van der Waals surface area contributed by atoms with E-state index in [2.05, 4.69) is 14.8 Å². The molecule has 0 unspecified atom stereocenters. The fourth-order valence-electron chi connectivity index (χ4n) is 4.26. The van der Waals surface area contributed by atoms with Crippen LogP contribution in [0.2, 0.25) is 5.15 Å². The molecule has 0 N–H and O–H groups in total. The van der Waals surface area contributed by atoms with E-state index in [-0.39, 0.29) is 95.9 Å². The average molecular weight is 638 g/mol. The molecule has 2 aromatic carbocycles. The second-order valence-electron chi connectivity index (χ2n) is 7.85. The molecule has 0 aliphatic carbocycles. The minimum Gasteiger partial charge on any atom is -0.512 e. The maximum absolute atomic E-state index is 14.1. The van der Waals surface area contributed by atoms with Gasteiger partial charge in [-0.1, -0.05) is 35.2 Å². The summed E-state index contributed by atoms with van der Waals surface area (Å²) in [6.45, 7) is 9.41. The summed E-state index contributed by atoms with van der Waals surface area (Å²) in [7, 11) is -2.99. The Bertz CT molecular complexity index is 1910. The molecule has 5 rings (SSSR count). The fraction of sp³-hybridized carbons (Fsp3) is 0.111. The third-order valence-corrected chi connectivity index (χ3v) is 7.74. The van der Waals surface area contributed by atoms with Crippen molar-refractivity contribution in [1.29, 1.82) is 0 Å². The third kappa shape index (κ3) is 5.08. The van der Waals surface area contributed by atoms with Gasteiger partial charge in [0.2, 0.25) is 5.56 Å². The summed E-state index contributed by atoms with van der Waals surface area (Å²) >= 11 is 6.06. The van der Waals surface area contributed by atoms with Crippen molar-refractivity contribution in [3.63, 3.8) is 0 Å². The van der Waals surface area contributed by atoms with Crippen LogP contribution in [0.4, 0.5) is 5.69 Å². The van der Waals surface area contributed by atoms with Crippen LogP contribution < -0.4 is 15.0 Å². The van der Waals surface area contributed by atoms with Gasteiger partial charge in [-0.15, -0.1) is 12.1 Å². The van der Waals surface area contributed by atoms with Crippen LogP contribution in [0.5, 0.6) is 11.6 Å². The zero-order chi connectivity index (χ0) is 26.3. The molecule has 0 atom stereocenters. The number of hydrogen-bond donors (Lipinski definition) is 0. The van der Waals surface area contributed by atoms with Gasteiger partial charge >= 0.3 is 0 Å². The SMILES string of the molecule is [C-]#[N+]c1ccc2c(c1)[c-](-c1ccc(Cl)nc1OCC)c(=O)n2S(=O)(=O)c1ccc(OC)c2cccnc12.[CH3-].[Y]. The summed E-state index contributed by atoms with van der Waals surface area (Å²) in [5.74, 6) is 0.520. The quantitative estimate of drug-likeness (QED) is 0.176. The molecule has 0 aliphatic rings. The third-order valence-electron chi connectivity index (χ3n) is 5.80. The number of benzene rings is 2. The molecule has 12 heteroatoms. The van der Waals surface area contributed by atoms with Crippen LogP contribution in [-0.2, 0) is 42.7 Å². The first-order chi connectivity index (χ1) is 17.8. The molecule has 3 heterocycles. The number of methoxy groups -OCH3 is 1. The zero-order valence-corrected chi connectivity index (χ0v) is 25.6. The minimum atomic E-state index is -4.47. The largest absolute Gasteiger partial charge is 0.512 e. The second-order valence-corrected chi connectivity index (χ2v) is 9.99. The number of ether oxygens (including phenoxy) is 2. The van der Waals surface area contributed by atoms with Gasteiger partial charge in [-0.3, -0.25) is 9.78 Å². The summed E-state index contributed by atoms with van der Waals surface area (Å²) in [5.41, 5.74) is -0.0327. The van der Waals surface area contributed by atoms with Crippen LogP contribution in [0.25, 0.3) is 37.8 Å². The maximum Gasteiger partial charge on any atom is 0.266 e. The Morgan fingerprint density at radius 2 is 1.92 bits per heavy atom. The van der Waals surface area contributed by atoms with E-state index in [1.165, 1.54) is 49.7 Å². The van der Waals surface area contributed by atoms with Crippen molar-refractivity contribution in [2.45, 2.75) is 11.8 Å². The molecule has 0 amide bonds. The summed E-state index contributed by atoms with van der Waals surface area (Å²) in [4.78, 5) is 25.7. The predicted molar refractivity (Wildman–Crippen MR) is 147 cm³/mol. The van der Waals surface area contributed by atoms with Gasteiger partial charge in [0.15, 0.2) is 11.6 Å². The Kier molecular flexibility index (Phi) is 9.24. The summed E-state index contributed by atoms with van der Waals surface area (Å²) < 4.78 is 39.9. The summed E-state index contributed by atoms with van der Waals surface area (Å²) in [6, 6.07) is 13.6. The monoisotopic (exact) mass is 637 g/mol. The molecule has 39 heavy (non-hydrogen) atoms. The number of rotatable bonds is 6. The van der Waals surface area contributed by atoms with Gasteiger partial charge in [0.1, 0.15) is 15.8 Å². The number of aromatic nitrogens is 3. The van der Waals surface area contributed by atoms with E-state index in [0.29, 0.717) is 11.1 Å². The predicted octanol–water partition coefficient (Wildman–Crippen LogP) is 5.63. The smallest absolute Gasteiger partial charge is 0.266 e. The normalized spacial score (nSPS) is 10.9. The van der Waals surface area contributed by atoms with Gasteiger partial charge in [-0.2, -0.15) is 0 Å². The summed E-state index contributed by atoms with van der Waals surface area (Å²) in [6.07, 6.45) is 1.47. The number of nitrogens with zero attached hydrogens (tertiary/aromatic N) is 4. The molecular formula is C27H21ClN4O5SY-2. The van der Waals surface area contributed by atoms with E-state index in [1.54, 1.807) is 25.1 Å². The second kappa shape index (κ2) is 11.9. The minimum absolute atomic E-state index is 0. The van der Waals surface area contributed by atoms with E-state index in [0.717, 1.165) is 3.97 Å². The summed E-state index contributed by atoms with van der Waals surface area (Å²) in [5, 5.41) is 0.887. The van der Waals surface area contributed by atoms with Gasteiger partial charge in [-0.05, 0) is 42.3 Å². The molecule has 5 aromatic rings. The van der Waals surface area contributed by atoms with Crippen molar-refractivity contribution in [3.05, 3.63) is 95.1 Å². The van der Waals surface area contributed by atoms with Crippen LogP contribution in [-0.4, -0.2) is 36.1 Å². The van der Waals surface area contributed by atoms with Crippen molar-refractivity contribution in [2.75, 3.05) is 13.7 Å². The molecule has 0 bridgehead atoms. The molecule has 197 valence electrons. The number of halogens is 1. The molecule has 9 nitrogen and oxygen atoms in total. The molecule has 0 saturated carbocycles. The molecule has 1 radical (unpaired) electrons. The van der Waals surface area contributed by atoms with Crippen molar-refractivity contribution >= 4 is 49.1 Å². The first-order valence-corrected chi connectivity index (χ1v) is 12.8. The maximum atomic E-state index is 14.1. The Morgan fingerprint density at radius 1 is 1.15 bits per heavy atom.